The molecule has 24 heavy (non-hydrogen) atoms. The zero-order chi connectivity index (χ0) is 17.7. The van der Waals surface area contributed by atoms with E-state index in [0.717, 1.165) is 16.7 Å². The van der Waals surface area contributed by atoms with Crippen molar-refractivity contribution in [1.82, 2.24) is 0 Å². The summed E-state index contributed by atoms with van der Waals surface area (Å²) in [6, 6.07) is 17.4. The lowest BCUT2D eigenvalue weighted by Crippen LogP contribution is -2.44. The van der Waals surface area contributed by atoms with Crippen LogP contribution in [0.1, 0.15) is 32.3 Å². The summed E-state index contributed by atoms with van der Waals surface area (Å²) < 4.78 is 0. The number of benzene rings is 2. The van der Waals surface area contributed by atoms with Gasteiger partial charge in [-0.05, 0) is 29.5 Å². The van der Waals surface area contributed by atoms with Crippen LogP contribution in [-0.4, -0.2) is 22.2 Å². The Balaban J connectivity index is 2.49. The van der Waals surface area contributed by atoms with Gasteiger partial charge in [0.2, 0.25) is 0 Å². The van der Waals surface area contributed by atoms with Gasteiger partial charge in [-0.25, -0.2) is 0 Å². The molecule has 0 spiro atoms. The van der Waals surface area contributed by atoms with Gasteiger partial charge < -0.3 is 10.2 Å². The number of hydrogen-bond donors (Lipinski definition) is 2. The summed E-state index contributed by atoms with van der Waals surface area (Å²) in [7, 11) is 0. The predicted molar refractivity (Wildman–Crippen MR) is 92.9 cm³/mol. The van der Waals surface area contributed by atoms with E-state index in [9.17, 15) is 19.8 Å². The van der Waals surface area contributed by atoms with Gasteiger partial charge in [0.25, 0.3) is 0 Å². The van der Waals surface area contributed by atoms with Crippen molar-refractivity contribution >= 4 is 11.9 Å². The Morgan fingerprint density at radius 1 is 0.833 bits per heavy atom. The quantitative estimate of drug-likeness (QED) is 0.748. The van der Waals surface area contributed by atoms with Crippen molar-refractivity contribution in [3.63, 3.8) is 0 Å². The molecule has 0 amide bonds. The number of rotatable bonds is 7. The van der Waals surface area contributed by atoms with Gasteiger partial charge in [-0.15, -0.1) is 0 Å². The molecule has 0 unspecified atom stereocenters. The first kappa shape index (κ1) is 17.7. The molecule has 0 saturated carbocycles. The van der Waals surface area contributed by atoms with Gasteiger partial charge in [0, 0.05) is 5.41 Å². The van der Waals surface area contributed by atoms with Crippen LogP contribution in [0.4, 0.5) is 0 Å². The number of aliphatic carboxylic acids is 2. The molecule has 0 heterocycles. The molecule has 2 aromatic carbocycles. The highest BCUT2D eigenvalue weighted by Crippen LogP contribution is 2.40. The molecule has 2 aromatic rings. The molecular weight excluding hydrogens is 304 g/mol. The monoisotopic (exact) mass is 326 g/mol. The summed E-state index contributed by atoms with van der Waals surface area (Å²) in [5, 5.41) is 18.9. The Morgan fingerprint density at radius 3 is 1.71 bits per heavy atom. The van der Waals surface area contributed by atoms with Gasteiger partial charge in [-0.3, -0.25) is 9.59 Å². The SMILES string of the molecule is CCC(CC)(c1ccc(-c2ccccc2)cc1)C(C(=O)O)C(=O)O. The third-order valence-corrected chi connectivity index (χ3v) is 4.88. The van der Waals surface area contributed by atoms with Crippen LogP contribution in [0.15, 0.2) is 54.6 Å². The summed E-state index contributed by atoms with van der Waals surface area (Å²) in [6.07, 6.45) is 0.884. The highest BCUT2D eigenvalue weighted by Gasteiger charge is 2.46. The molecule has 0 aliphatic rings. The molecule has 4 heteroatoms. The van der Waals surface area contributed by atoms with Crippen LogP contribution in [0.5, 0.6) is 0 Å². The summed E-state index contributed by atoms with van der Waals surface area (Å²) in [5.41, 5.74) is 1.91. The van der Waals surface area contributed by atoms with E-state index >= 15 is 0 Å². The second kappa shape index (κ2) is 7.30. The molecule has 126 valence electrons. The summed E-state index contributed by atoms with van der Waals surface area (Å²) in [4.78, 5) is 23.2. The van der Waals surface area contributed by atoms with E-state index in [1.165, 1.54) is 0 Å². The van der Waals surface area contributed by atoms with Crippen LogP contribution in [0.2, 0.25) is 0 Å². The summed E-state index contributed by atoms with van der Waals surface area (Å²) in [6.45, 7) is 3.68. The van der Waals surface area contributed by atoms with Gasteiger partial charge in [0.1, 0.15) is 0 Å². The average molecular weight is 326 g/mol. The molecule has 2 rings (SSSR count). The van der Waals surface area contributed by atoms with Crippen LogP contribution in [0.25, 0.3) is 11.1 Å². The first-order valence-electron chi connectivity index (χ1n) is 8.07. The maximum Gasteiger partial charge on any atom is 0.318 e. The van der Waals surface area contributed by atoms with E-state index in [1.807, 2.05) is 68.4 Å². The average Bonchev–Trinajstić information content (AvgIpc) is 2.60. The maximum atomic E-state index is 11.6. The van der Waals surface area contributed by atoms with Gasteiger partial charge in [0.05, 0.1) is 0 Å². The Kier molecular flexibility index (Phi) is 5.39. The fourth-order valence-electron chi connectivity index (χ4n) is 3.44. The fraction of sp³-hybridized carbons (Fsp3) is 0.300. The van der Waals surface area contributed by atoms with Crippen LogP contribution in [0, 0.1) is 5.92 Å². The van der Waals surface area contributed by atoms with E-state index in [2.05, 4.69) is 0 Å². The molecule has 0 atom stereocenters. The van der Waals surface area contributed by atoms with Crippen molar-refractivity contribution in [2.24, 2.45) is 5.92 Å². The van der Waals surface area contributed by atoms with Crippen molar-refractivity contribution in [3.05, 3.63) is 60.2 Å². The van der Waals surface area contributed by atoms with Gasteiger partial charge in [0.15, 0.2) is 5.92 Å². The molecule has 0 aliphatic heterocycles. The van der Waals surface area contributed by atoms with Gasteiger partial charge >= 0.3 is 11.9 Å². The number of carbonyl (C=O) groups is 2. The first-order chi connectivity index (χ1) is 11.5. The lowest BCUT2D eigenvalue weighted by atomic mass is 9.66. The van der Waals surface area contributed by atoms with E-state index in [4.69, 9.17) is 0 Å². The lowest BCUT2D eigenvalue weighted by Gasteiger charge is -2.35. The molecule has 0 bridgehead atoms. The van der Waals surface area contributed by atoms with Gasteiger partial charge in [-0.2, -0.15) is 0 Å². The van der Waals surface area contributed by atoms with E-state index in [1.54, 1.807) is 0 Å². The first-order valence-corrected chi connectivity index (χ1v) is 8.07. The third kappa shape index (κ3) is 3.18. The van der Waals surface area contributed by atoms with Crippen LogP contribution < -0.4 is 0 Å². The molecular formula is C20H22O4. The highest BCUT2D eigenvalue weighted by atomic mass is 16.4. The maximum absolute atomic E-state index is 11.6. The van der Waals surface area contributed by atoms with E-state index in [0.29, 0.717) is 12.8 Å². The largest absolute Gasteiger partial charge is 0.481 e. The lowest BCUT2D eigenvalue weighted by molar-refractivity contribution is -0.158. The minimum atomic E-state index is -1.46. The second-order valence-corrected chi connectivity index (χ2v) is 5.92. The normalized spacial score (nSPS) is 11.5. The predicted octanol–water partition coefficient (Wildman–Crippen LogP) is 4.20. The summed E-state index contributed by atoms with van der Waals surface area (Å²) >= 11 is 0. The second-order valence-electron chi connectivity index (χ2n) is 5.92. The molecule has 0 saturated heterocycles. The van der Waals surface area contributed by atoms with Crippen LogP contribution in [-0.2, 0) is 15.0 Å². The van der Waals surface area contributed by atoms with E-state index in [-0.39, 0.29) is 0 Å². The minimum Gasteiger partial charge on any atom is -0.481 e. The molecule has 0 fully saturated rings. The number of hydrogen-bond acceptors (Lipinski definition) is 2. The number of carboxylic acid groups (broad SMARTS) is 2. The smallest absolute Gasteiger partial charge is 0.318 e. The Morgan fingerprint density at radius 2 is 1.29 bits per heavy atom. The zero-order valence-corrected chi connectivity index (χ0v) is 13.9. The Hall–Kier alpha value is -2.62. The molecule has 0 aromatic heterocycles. The standard InChI is InChI=1S/C20H22O4/c1-3-20(4-2,17(18(21)22)19(23)24)16-12-10-15(11-13-16)14-8-6-5-7-9-14/h5-13,17H,3-4H2,1-2H3,(H,21,22)(H,23,24). The van der Waals surface area contributed by atoms with E-state index < -0.39 is 23.3 Å². The Labute approximate surface area is 141 Å². The fourth-order valence-corrected chi connectivity index (χ4v) is 3.44. The Bertz CT molecular complexity index is 686. The van der Waals surface area contributed by atoms with Crippen LogP contribution >= 0.6 is 0 Å². The topological polar surface area (TPSA) is 74.6 Å². The molecule has 2 N–H and O–H groups in total. The van der Waals surface area contributed by atoms with Gasteiger partial charge in [-0.1, -0.05) is 68.4 Å². The zero-order valence-electron chi connectivity index (χ0n) is 13.9. The van der Waals surface area contributed by atoms with Crippen molar-refractivity contribution < 1.29 is 19.8 Å². The summed E-state index contributed by atoms with van der Waals surface area (Å²) in [5.74, 6) is -4.05. The van der Waals surface area contributed by atoms with Crippen LogP contribution in [0.3, 0.4) is 0 Å². The third-order valence-electron chi connectivity index (χ3n) is 4.88. The molecule has 4 nitrogen and oxygen atoms in total. The van der Waals surface area contributed by atoms with Crippen molar-refractivity contribution in [1.29, 1.82) is 0 Å². The number of carboxylic acids is 2. The van der Waals surface area contributed by atoms with Crippen molar-refractivity contribution in [3.8, 4) is 11.1 Å². The minimum absolute atomic E-state index is 0.442. The van der Waals surface area contributed by atoms with Crippen molar-refractivity contribution in [2.45, 2.75) is 32.1 Å². The highest BCUT2D eigenvalue weighted by molar-refractivity contribution is 5.95. The molecule has 0 aliphatic carbocycles. The van der Waals surface area contributed by atoms with Crippen molar-refractivity contribution in [2.75, 3.05) is 0 Å². The molecule has 0 radical (unpaired) electrons.